The number of likely N-dealkylation sites (tertiary alicyclic amines) is 1. The molecular weight excluding hydrogens is 466 g/mol. The Morgan fingerprint density at radius 1 is 0.973 bits per heavy atom. The van der Waals surface area contributed by atoms with Gasteiger partial charge in [0.15, 0.2) is 5.76 Å². The van der Waals surface area contributed by atoms with Crippen LogP contribution in [0.2, 0.25) is 0 Å². The van der Waals surface area contributed by atoms with Crippen LogP contribution in [0.1, 0.15) is 60.7 Å². The topological polar surface area (TPSA) is 74.1 Å². The largest absolute Gasteiger partial charge is 0.459 e. The molecule has 1 unspecified atom stereocenters. The van der Waals surface area contributed by atoms with E-state index in [2.05, 4.69) is 30.9 Å². The predicted molar refractivity (Wildman–Crippen MR) is 141 cm³/mol. The van der Waals surface area contributed by atoms with Crippen molar-refractivity contribution in [3.63, 3.8) is 0 Å². The summed E-state index contributed by atoms with van der Waals surface area (Å²) in [6.07, 6.45) is 2.88. The van der Waals surface area contributed by atoms with Crippen molar-refractivity contribution in [2.75, 3.05) is 18.0 Å². The quantitative estimate of drug-likeness (QED) is 0.435. The van der Waals surface area contributed by atoms with Crippen molar-refractivity contribution in [2.45, 2.75) is 57.7 Å². The minimum absolute atomic E-state index is 0.0263. The number of amides is 3. The van der Waals surface area contributed by atoms with E-state index in [0.29, 0.717) is 11.6 Å². The fourth-order valence-corrected chi connectivity index (χ4v) is 5.40. The van der Waals surface area contributed by atoms with E-state index in [1.807, 2.05) is 42.5 Å². The van der Waals surface area contributed by atoms with Crippen LogP contribution in [0.3, 0.4) is 0 Å². The SMILES string of the molecule is CC(C)c1ccc(N2C(=O)CC(N(C(=O)c3ccco3)C3CCN(Cc4ccccc4)CC3)C2=O)cc1. The number of piperidine rings is 1. The van der Waals surface area contributed by atoms with Crippen LogP contribution in [0.4, 0.5) is 5.69 Å². The van der Waals surface area contributed by atoms with Crippen LogP contribution in [-0.2, 0) is 16.1 Å². The molecule has 7 nitrogen and oxygen atoms in total. The Hall–Kier alpha value is -3.71. The standard InChI is InChI=1S/C30H33N3O4/c1-21(2)23-10-12-24(13-11-23)33-28(34)19-26(29(33)35)32(30(36)27-9-6-18-37-27)25-14-16-31(17-15-25)20-22-7-4-3-5-8-22/h3-13,18,21,25-26H,14-17,19-20H2,1-2H3. The lowest BCUT2D eigenvalue weighted by Crippen LogP contribution is -2.54. The molecule has 2 aliphatic rings. The molecule has 5 rings (SSSR count). The van der Waals surface area contributed by atoms with Gasteiger partial charge in [0.05, 0.1) is 18.4 Å². The second-order valence-corrected chi connectivity index (χ2v) is 10.2. The summed E-state index contributed by atoms with van der Waals surface area (Å²) in [4.78, 5) is 45.6. The average molecular weight is 500 g/mol. The third-order valence-electron chi connectivity index (χ3n) is 7.44. The number of hydrogen-bond acceptors (Lipinski definition) is 5. The monoisotopic (exact) mass is 499 g/mol. The second kappa shape index (κ2) is 10.7. The van der Waals surface area contributed by atoms with E-state index in [1.54, 1.807) is 17.0 Å². The summed E-state index contributed by atoms with van der Waals surface area (Å²) in [6, 6.07) is 20.1. The van der Waals surface area contributed by atoms with Crippen molar-refractivity contribution in [3.05, 3.63) is 89.9 Å². The first-order chi connectivity index (χ1) is 17.9. The van der Waals surface area contributed by atoms with Gasteiger partial charge in [0.2, 0.25) is 5.91 Å². The smallest absolute Gasteiger partial charge is 0.290 e. The predicted octanol–water partition coefficient (Wildman–Crippen LogP) is 4.84. The van der Waals surface area contributed by atoms with Crippen molar-refractivity contribution >= 4 is 23.4 Å². The normalized spacial score (nSPS) is 19.1. The van der Waals surface area contributed by atoms with E-state index >= 15 is 0 Å². The first-order valence-electron chi connectivity index (χ1n) is 13.0. The number of anilines is 1. The van der Waals surface area contributed by atoms with Gasteiger partial charge in [-0.15, -0.1) is 0 Å². The number of rotatable bonds is 7. The van der Waals surface area contributed by atoms with Crippen LogP contribution in [0, 0.1) is 0 Å². The molecule has 192 valence electrons. The Kier molecular flexibility index (Phi) is 7.24. The highest BCUT2D eigenvalue weighted by molar-refractivity contribution is 6.23. The zero-order valence-corrected chi connectivity index (χ0v) is 21.4. The first-order valence-corrected chi connectivity index (χ1v) is 13.0. The third-order valence-corrected chi connectivity index (χ3v) is 7.44. The van der Waals surface area contributed by atoms with Gasteiger partial charge in [0, 0.05) is 25.7 Å². The highest BCUT2D eigenvalue weighted by atomic mass is 16.3. The summed E-state index contributed by atoms with van der Waals surface area (Å²) in [6.45, 7) is 6.65. The van der Waals surface area contributed by atoms with E-state index in [9.17, 15) is 14.4 Å². The van der Waals surface area contributed by atoms with Gasteiger partial charge in [-0.2, -0.15) is 0 Å². The van der Waals surface area contributed by atoms with Gasteiger partial charge in [0.25, 0.3) is 11.8 Å². The number of carbonyl (C=O) groups is 3. The molecule has 3 aromatic rings. The molecule has 3 heterocycles. The molecule has 3 amide bonds. The molecule has 1 atom stereocenters. The third kappa shape index (κ3) is 5.23. The molecule has 2 aromatic carbocycles. The number of hydrogen-bond donors (Lipinski definition) is 0. The van der Waals surface area contributed by atoms with Gasteiger partial charge in [-0.3, -0.25) is 19.3 Å². The van der Waals surface area contributed by atoms with Crippen LogP contribution >= 0.6 is 0 Å². The van der Waals surface area contributed by atoms with E-state index in [4.69, 9.17) is 4.42 Å². The minimum atomic E-state index is -0.847. The summed E-state index contributed by atoms with van der Waals surface area (Å²) in [5.41, 5.74) is 2.93. The van der Waals surface area contributed by atoms with Crippen molar-refractivity contribution in [3.8, 4) is 0 Å². The van der Waals surface area contributed by atoms with Gasteiger partial charge in [-0.25, -0.2) is 4.90 Å². The molecule has 2 aliphatic heterocycles. The number of nitrogens with zero attached hydrogens (tertiary/aromatic N) is 3. The van der Waals surface area contributed by atoms with E-state index in [1.165, 1.54) is 16.7 Å². The van der Waals surface area contributed by atoms with Crippen molar-refractivity contribution < 1.29 is 18.8 Å². The molecule has 2 fully saturated rings. The highest BCUT2D eigenvalue weighted by Gasteiger charge is 2.47. The maximum atomic E-state index is 13.7. The molecule has 0 bridgehead atoms. The number of carbonyl (C=O) groups excluding carboxylic acids is 3. The lowest BCUT2D eigenvalue weighted by atomic mass is 9.99. The average Bonchev–Trinajstić information content (AvgIpc) is 3.54. The van der Waals surface area contributed by atoms with Gasteiger partial charge < -0.3 is 9.32 Å². The Bertz CT molecular complexity index is 1230. The Labute approximate surface area is 217 Å². The summed E-state index contributed by atoms with van der Waals surface area (Å²) < 4.78 is 5.42. The Morgan fingerprint density at radius 3 is 2.30 bits per heavy atom. The van der Waals surface area contributed by atoms with Crippen LogP contribution in [0.15, 0.2) is 77.4 Å². The minimum Gasteiger partial charge on any atom is -0.459 e. The molecule has 7 heteroatoms. The van der Waals surface area contributed by atoms with Crippen LogP contribution < -0.4 is 4.90 Å². The van der Waals surface area contributed by atoms with Crippen LogP contribution in [-0.4, -0.2) is 52.7 Å². The van der Waals surface area contributed by atoms with Crippen molar-refractivity contribution in [2.24, 2.45) is 0 Å². The number of furan rings is 1. The molecule has 37 heavy (non-hydrogen) atoms. The second-order valence-electron chi connectivity index (χ2n) is 10.2. The number of imide groups is 1. The molecular formula is C30H33N3O4. The Balaban J connectivity index is 1.36. The van der Waals surface area contributed by atoms with Crippen molar-refractivity contribution in [1.82, 2.24) is 9.80 Å². The van der Waals surface area contributed by atoms with Crippen LogP contribution in [0.25, 0.3) is 0 Å². The summed E-state index contributed by atoms with van der Waals surface area (Å²) in [5.74, 6) is -0.442. The summed E-state index contributed by atoms with van der Waals surface area (Å²) in [7, 11) is 0. The maximum Gasteiger partial charge on any atom is 0.290 e. The van der Waals surface area contributed by atoms with Crippen molar-refractivity contribution in [1.29, 1.82) is 0 Å². The fourth-order valence-electron chi connectivity index (χ4n) is 5.40. The van der Waals surface area contributed by atoms with Gasteiger partial charge >= 0.3 is 0 Å². The molecule has 0 N–H and O–H groups in total. The van der Waals surface area contributed by atoms with Gasteiger partial charge in [-0.05, 0) is 54.2 Å². The first kappa shape index (κ1) is 25.0. The molecule has 0 aliphatic carbocycles. The molecule has 0 radical (unpaired) electrons. The molecule has 2 saturated heterocycles. The summed E-state index contributed by atoms with van der Waals surface area (Å²) >= 11 is 0. The van der Waals surface area contributed by atoms with Crippen LogP contribution in [0.5, 0.6) is 0 Å². The van der Waals surface area contributed by atoms with Gasteiger partial charge in [0.1, 0.15) is 6.04 Å². The van der Waals surface area contributed by atoms with E-state index in [0.717, 1.165) is 38.0 Å². The zero-order valence-electron chi connectivity index (χ0n) is 21.4. The lowest BCUT2D eigenvalue weighted by Gasteiger charge is -2.40. The molecule has 0 saturated carbocycles. The highest BCUT2D eigenvalue weighted by Crippen LogP contribution is 2.31. The maximum absolute atomic E-state index is 13.7. The van der Waals surface area contributed by atoms with E-state index in [-0.39, 0.29) is 35.9 Å². The van der Waals surface area contributed by atoms with E-state index < -0.39 is 6.04 Å². The zero-order chi connectivity index (χ0) is 25.9. The fraction of sp³-hybridized carbons (Fsp3) is 0.367. The van der Waals surface area contributed by atoms with Gasteiger partial charge in [-0.1, -0.05) is 56.3 Å². The molecule has 0 spiro atoms. The lowest BCUT2D eigenvalue weighted by molar-refractivity contribution is -0.123. The number of benzene rings is 2. The Morgan fingerprint density at radius 2 is 1.68 bits per heavy atom. The summed E-state index contributed by atoms with van der Waals surface area (Å²) in [5, 5.41) is 0. The molecule has 1 aromatic heterocycles.